The molecule has 0 spiro atoms. The second-order valence-corrected chi connectivity index (χ2v) is 7.45. The molecule has 6 heteroatoms. The van der Waals surface area contributed by atoms with Crippen molar-refractivity contribution in [2.75, 3.05) is 19.9 Å². The third kappa shape index (κ3) is 3.11. The molecule has 0 aliphatic carbocycles. The van der Waals surface area contributed by atoms with Gasteiger partial charge in [-0.15, -0.1) is 0 Å². The molecule has 0 saturated carbocycles. The third-order valence-electron chi connectivity index (χ3n) is 5.23. The number of hydrogen-bond acceptors (Lipinski definition) is 5. The number of pyridine rings is 1. The van der Waals surface area contributed by atoms with E-state index in [0.717, 1.165) is 45.8 Å². The van der Waals surface area contributed by atoms with Crippen molar-refractivity contribution in [3.05, 3.63) is 65.2 Å². The minimum absolute atomic E-state index is 0.0329. The molecule has 1 N–H and O–H groups in total. The zero-order valence-corrected chi connectivity index (χ0v) is 15.9. The topological polar surface area (TPSA) is 54.8 Å². The summed E-state index contributed by atoms with van der Waals surface area (Å²) in [4.78, 5) is 7.19. The van der Waals surface area contributed by atoms with Gasteiger partial charge in [0, 0.05) is 35.1 Å². The Hall–Kier alpha value is -2.60. The van der Waals surface area contributed by atoms with Crippen molar-refractivity contribution in [2.24, 2.45) is 0 Å². The molecule has 2 aliphatic rings. The zero-order chi connectivity index (χ0) is 19.1. The molecule has 1 atom stereocenters. The molecule has 3 aromatic rings. The van der Waals surface area contributed by atoms with Crippen LogP contribution in [0.1, 0.15) is 5.56 Å². The van der Waals surface area contributed by atoms with Crippen molar-refractivity contribution < 1.29 is 14.6 Å². The standard InChI is InChI=1S/C22H19ClN2O3/c23-17-5-3-14(4-6-17)22-16(11-25-7-1-2-18(25)12-26)8-15-9-20-21(28-13-27-20)10-19(15)24-22/h1-6,8-10,18,26H,7,11-13H2. The molecule has 0 saturated heterocycles. The van der Waals surface area contributed by atoms with Crippen LogP contribution in [0.25, 0.3) is 22.2 Å². The van der Waals surface area contributed by atoms with Gasteiger partial charge in [-0.2, -0.15) is 0 Å². The number of benzene rings is 2. The van der Waals surface area contributed by atoms with Crippen molar-refractivity contribution in [3.63, 3.8) is 0 Å². The normalized spacial score (nSPS) is 18.3. The molecule has 0 radical (unpaired) electrons. The van der Waals surface area contributed by atoms with E-state index in [1.165, 1.54) is 0 Å². The zero-order valence-electron chi connectivity index (χ0n) is 15.1. The fourth-order valence-electron chi connectivity index (χ4n) is 3.77. The lowest BCUT2D eigenvalue weighted by molar-refractivity contribution is 0.169. The van der Waals surface area contributed by atoms with Crippen LogP contribution in [0.2, 0.25) is 5.02 Å². The van der Waals surface area contributed by atoms with Gasteiger partial charge < -0.3 is 14.6 Å². The maximum Gasteiger partial charge on any atom is 0.231 e. The fraction of sp³-hybridized carbons (Fsp3) is 0.227. The van der Waals surface area contributed by atoms with E-state index in [1.54, 1.807) is 0 Å². The maximum atomic E-state index is 9.66. The molecular weight excluding hydrogens is 376 g/mol. The molecule has 1 aromatic heterocycles. The van der Waals surface area contributed by atoms with E-state index in [1.807, 2.05) is 36.4 Å². The Morgan fingerprint density at radius 2 is 1.89 bits per heavy atom. The summed E-state index contributed by atoms with van der Waals surface area (Å²) < 4.78 is 11.0. The van der Waals surface area contributed by atoms with Crippen LogP contribution in [0, 0.1) is 0 Å². The van der Waals surface area contributed by atoms with Crippen LogP contribution in [-0.2, 0) is 6.54 Å². The molecule has 5 rings (SSSR count). The van der Waals surface area contributed by atoms with Crippen molar-refractivity contribution in [3.8, 4) is 22.8 Å². The van der Waals surface area contributed by atoms with Crippen molar-refractivity contribution >= 4 is 22.5 Å². The van der Waals surface area contributed by atoms with Gasteiger partial charge in [-0.25, -0.2) is 4.98 Å². The molecule has 142 valence electrons. The van der Waals surface area contributed by atoms with E-state index < -0.39 is 0 Å². The first kappa shape index (κ1) is 17.5. The van der Waals surface area contributed by atoms with Gasteiger partial charge in [-0.05, 0) is 29.8 Å². The van der Waals surface area contributed by atoms with Gasteiger partial charge in [-0.3, -0.25) is 4.90 Å². The highest BCUT2D eigenvalue weighted by Crippen LogP contribution is 2.37. The lowest BCUT2D eigenvalue weighted by Crippen LogP contribution is -2.32. The molecule has 28 heavy (non-hydrogen) atoms. The van der Waals surface area contributed by atoms with Gasteiger partial charge in [0.2, 0.25) is 6.79 Å². The van der Waals surface area contributed by atoms with Gasteiger partial charge in [0.1, 0.15) is 0 Å². The monoisotopic (exact) mass is 394 g/mol. The van der Waals surface area contributed by atoms with Gasteiger partial charge in [0.25, 0.3) is 0 Å². The Morgan fingerprint density at radius 1 is 1.11 bits per heavy atom. The summed E-state index contributed by atoms with van der Waals surface area (Å²) in [5.41, 5.74) is 3.87. The van der Waals surface area contributed by atoms with E-state index in [9.17, 15) is 5.11 Å². The van der Waals surface area contributed by atoms with E-state index >= 15 is 0 Å². The minimum atomic E-state index is 0.0329. The van der Waals surface area contributed by atoms with Gasteiger partial charge in [0.05, 0.1) is 23.9 Å². The predicted octanol–water partition coefficient (Wildman–Crippen LogP) is 4.02. The van der Waals surface area contributed by atoms with Crippen LogP contribution in [0.3, 0.4) is 0 Å². The molecule has 0 amide bonds. The van der Waals surface area contributed by atoms with E-state index in [-0.39, 0.29) is 19.4 Å². The number of hydrogen-bond donors (Lipinski definition) is 1. The number of halogens is 1. The van der Waals surface area contributed by atoms with Crippen LogP contribution >= 0.6 is 11.6 Å². The maximum absolute atomic E-state index is 9.66. The van der Waals surface area contributed by atoms with Crippen LogP contribution in [-0.4, -0.2) is 41.0 Å². The number of aliphatic hydroxyl groups is 1. The van der Waals surface area contributed by atoms with E-state index in [0.29, 0.717) is 11.6 Å². The van der Waals surface area contributed by atoms with Crippen LogP contribution in [0.5, 0.6) is 11.5 Å². The van der Waals surface area contributed by atoms with Gasteiger partial charge in [0.15, 0.2) is 11.5 Å². The number of fused-ring (bicyclic) bond motifs is 2. The Balaban J connectivity index is 1.63. The Kier molecular flexibility index (Phi) is 4.43. The van der Waals surface area contributed by atoms with Crippen molar-refractivity contribution in [1.82, 2.24) is 9.88 Å². The highest BCUT2D eigenvalue weighted by Gasteiger charge is 2.22. The number of aromatic nitrogens is 1. The summed E-state index contributed by atoms with van der Waals surface area (Å²) in [6, 6.07) is 13.8. The lowest BCUT2D eigenvalue weighted by Gasteiger charge is -2.24. The summed E-state index contributed by atoms with van der Waals surface area (Å²) in [6.45, 7) is 1.84. The van der Waals surface area contributed by atoms with Crippen LogP contribution in [0.15, 0.2) is 54.6 Å². The van der Waals surface area contributed by atoms with E-state index in [2.05, 4.69) is 23.1 Å². The first-order valence-corrected chi connectivity index (χ1v) is 9.60. The molecule has 2 aromatic carbocycles. The molecular formula is C22H19ClN2O3. The predicted molar refractivity (Wildman–Crippen MR) is 109 cm³/mol. The van der Waals surface area contributed by atoms with Crippen molar-refractivity contribution in [2.45, 2.75) is 12.6 Å². The van der Waals surface area contributed by atoms with Crippen LogP contribution in [0.4, 0.5) is 0 Å². The minimum Gasteiger partial charge on any atom is -0.454 e. The third-order valence-corrected chi connectivity index (χ3v) is 5.49. The molecule has 5 nitrogen and oxygen atoms in total. The largest absolute Gasteiger partial charge is 0.454 e. The van der Waals surface area contributed by atoms with Crippen molar-refractivity contribution in [1.29, 1.82) is 0 Å². The molecule has 0 bridgehead atoms. The molecule has 0 fully saturated rings. The number of rotatable bonds is 4. The number of aliphatic hydroxyl groups excluding tert-OH is 1. The summed E-state index contributed by atoms with van der Waals surface area (Å²) in [6.07, 6.45) is 4.14. The Labute approximate surface area is 167 Å². The summed E-state index contributed by atoms with van der Waals surface area (Å²) >= 11 is 6.08. The number of nitrogens with zero attached hydrogens (tertiary/aromatic N) is 2. The quantitative estimate of drug-likeness (QED) is 0.677. The summed E-state index contributed by atoms with van der Waals surface area (Å²) in [7, 11) is 0. The summed E-state index contributed by atoms with van der Waals surface area (Å²) in [5, 5.41) is 11.4. The molecule has 3 heterocycles. The average molecular weight is 395 g/mol. The SMILES string of the molecule is OCC1C=CCN1Cc1cc2cc3c(cc2nc1-c1ccc(Cl)cc1)OCO3. The number of ether oxygens (including phenoxy) is 2. The lowest BCUT2D eigenvalue weighted by atomic mass is 10.0. The average Bonchev–Trinajstić information content (AvgIpc) is 3.35. The highest BCUT2D eigenvalue weighted by atomic mass is 35.5. The van der Waals surface area contributed by atoms with Gasteiger partial charge in [-0.1, -0.05) is 35.9 Å². The van der Waals surface area contributed by atoms with Crippen LogP contribution < -0.4 is 9.47 Å². The Morgan fingerprint density at radius 3 is 2.68 bits per heavy atom. The highest BCUT2D eigenvalue weighted by molar-refractivity contribution is 6.30. The second kappa shape index (κ2) is 7.09. The first-order chi connectivity index (χ1) is 13.7. The first-order valence-electron chi connectivity index (χ1n) is 9.22. The Bertz CT molecular complexity index is 1070. The molecule has 1 unspecified atom stereocenters. The van der Waals surface area contributed by atoms with E-state index in [4.69, 9.17) is 26.1 Å². The smallest absolute Gasteiger partial charge is 0.231 e. The second-order valence-electron chi connectivity index (χ2n) is 7.01. The van der Waals surface area contributed by atoms with Gasteiger partial charge >= 0.3 is 0 Å². The fourth-order valence-corrected chi connectivity index (χ4v) is 3.90. The molecule has 2 aliphatic heterocycles. The summed E-state index contributed by atoms with van der Waals surface area (Å²) in [5.74, 6) is 1.47.